The summed E-state index contributed by atoms with van der Waals surface area (Å²) >= 11 is 0. The van der Waals surface area contributed by atoms with Gasteiger partial charge in [-0.2, -0.15) is 13.2 Å². The van der Waals surface area contributed by atoms with Crippen LogP contribution in [0.2, 0.25) is 0 Å². The molecule has 24 heavy (non-hydrogen) atoms. The molecule has 2 rings (SSSR count). The van der Waals surface area contributed by atoms with Crippen molar-refractivity contribution < 1.29 is 18.0 Å². The number of nitrogens with one attached hydrogen (secondary N) is 1. The Kier molecular flexibility index (Phi) is 5.49. The summed E-state index contributed by atoms with van der Waals surface area (Å²) in [6.07, 6.45) is -2.58. The molecule has 1 fully saturated rings. The van der Waals surface area contributed by atoms with E-state index in [2.05, 4.69) is 41.0 Å². The molecule has 0 atom stereocenters. The largest absolute Gasteiger partial charge is 0.417 e. The molecule has 1 saturated heterocycles. The first kappa shape index (κ1) is 18.7. The van der Waals surface area contributed by atoms with Crippen LogP contribution in [0, 0.1) is 0 Å². The smallest absolute Gasteiger partial charge is 0.351 e. The molecule has 0 spiro atoms. The Hall–Kier alpha value is -1.67. The van der Waals surface area contributed by atoms with Crippen molar-refractivity contribution in [2.75, 3.05) is 39.8 Å². The number of halogens is 3. The maximum atomic E-state index is 12.9. The lowest BCUT2D eigenvalue weighted by Crippen LogP contribution is -2.58. The van der Waals surface area contributed by atoms with E-state index in [1.807, 2.05) is 0 Å². The Bertz CT molecular complexity index is 589. The number of piperazine rings is 1. The van der Waals surface area contributed by atoms with Crippen LogP contribution in [0.15, 0.2) is 18.5 Å². The number of rotatable bonds is 4. The average molecular weight is 344 g/mol. The summed E-state index contributed by atoms with van der Waals surface area (Å²) in [5, 5.41) is 2.56. The van der Waals surface area contributed by atoms with Crippen molar-refractivity contribution in [3.63, 3.8) is 0 Å². The van der Waals surface area contributed by atoms with E-state index < -0.39 is 23.2 Å². The van der Waals surface area contributed by atoms with Gasteiger partial charge in [0, 0.05) is 50.7 Å². The summed E-state index contributed by atoms with van der Waals surface area (Å²) in [6.45, 7) is 7.82. The summed E-state index contributed by atoms with van der Waals surface area (Å²) in [5.74, 6) is -0.746. The van der Waals surface area contributed by atoms with Crippen LogP contribution in [-0.2, 0) is 6.18 Å². The highest BCUT2D eigenvalue weighted by Crippen LogP contribution is 2.31. The SMILES string of the molecule is CN1CCN(CCNC(=O)c2cnccc2C(F)(F)F)CC1(C)C. The van der Waals surface area contributed by atoms with E-state index in [0.717, 1.165) is 38.1 Å². The Morgan fingerprint density at radius 1 is 1.38 bits per heavy atom. The number of carbonyl (C=O) groups is 1. The van der Waals surface area contributed by atoms with Crippen LogP contribution in [-0.4, -0.2) is 66.0 Å². The lowest BCUT2D eigenvalue weighted by Gasteiger charge is -2.45. The van der Waals surface area contributed by atoms with Crippen molar-refractivity contribution in [1.29, 1.82) is 0 Å². The van der Waals surface area contributed by atoms with Crippen molar-refractivity contribution in [3.8, 4) is 0 Å². The van der Waals surface area contributed by atoms with Gasteiger partial charge in [0.05, 0.1) is 11.1 Å². The molecule has 1 aromatic heterocycles. The van der Waals surface area contributed by atoms with Gasteiger partial charge >= 0.3 is 6.18 Å². The summed E-state index contributed by atoms with van der Waals surface area (Å²) in [5.41, 5.74) is -1.37. The fourth-order valence-electron chi connectivity index (χ4n) is 2.78. The molecular weight excluding hydrogens is 321 g/mol. The predicted molar refractivity (Wildman–Crippen MR) is 84.7 cm³/mol. The molecule has 1 aliphatic heterocycles. The molecule has 0 aliphatic carbocycles. The number of hydrogen-bond donors (Lipinski definition) is 1. The number of aromatic nitrogens is 1. The predicted octanol–water partition coefficient (Wildman–Crippen LogP) is 1.86. The van der Waals surface area contributed by atoms with Crippen LogP contribution in [0.5, 0.6) is 0 Å². The first-order chi connectivity index (χ1) is 11.1. The van der Waals surface area contributed by atoms with E-state index in [9.17, 15) is 18.0 Å². The van der Waals surface area contributed by atoms with Crippen LogP contribution in [0.25, 0.3) is 0 Å². The van der Waals surface area contributed by atoms with E-state index in [-0.39, 0.29) is 5.54 Å². The Labute approximate surface area is 139 Å². The van der Waals surface area contributed by atoms with Gasteiger partial charge in [0.1, 0.15) is 0 Å². The van der Waals surface area contributed by atoms with Crippen molar-refractivity contribution in [2.45, 2.75) is 25.6 Å². The molecule has 134 valence electrons. The van der Waals surface area contributed by atoms with E-state index in [1.165, 1.54) is 0 Å². The summed E-state index contributed by atoms with van der Waals surface area (Å²) in [4.78, 5) is 20.2. The van der Waals surface area contributed by atoms with Crippen LogP contribution in [0.4, 0.5) is 13.2 Å². The second kappa shape index (κ2) is 7.06. The van der Waals surface area contributed by atoms with Gasteiger partial charge in [-0.1, -0.05) is 0 Å². The van der Waals surface area contributed by atoms with Gasteiger partial charge in [-0.15, -0.1) is 0 Å². The van der Waals surface area contributed by atoms with E-state index >= 15 is 0 Å². The highest BCUT2D eigenvalue weighted by Gasteiger charge is 2.35. The number of carbonyl (C=O) groups excluding carboxylic acids is 1. The zero-order valence-electron chi connectivity index (χ0n) is 14.2. The number of nitrogens with zero attached hydrogens (tertiary/aromatic N) is 3. The quantitative estimate of drug-likeness (QED) is 0.906. The number of pyridine rings is 1. The second-order valence-electron chi connectivity index (χ2n) is 6.69. The lowest BCUT2D eigenvalue weighted by molar-refractivity contribution is -0.138. The minimum Gasteiger partial charge on any atom is -0.351 e. The van der Waals surface area contributed by atoms with Crippen molar-refractivity contribution in [2.24, 2.45) is 0 Å². The summed E-state index contributed by atoms with van der Waals surface area (Å²) < 4.78 is 38.8. The molecule has 2 heterocycles. The van der Waals surface area contributed by atoms with Gasteiger partial charge in [-0.25, -0.2) is 0 Å². The molecule has 0 aromatic carbocycles. The lowest BCUT2D eigenvalue weighted by atomic mass is 10.00. The zero-order chi connectivity index (χ0) is 18.0. The Morgan fingerprint density at radius 2 is 2.08 bits per heavy atom. The molecule has 1 aliphatic rings. The van der Waals surface area contributed by atoms with Crippen molar-refractivity contribution in [3.05, 3.63) is 29.6 Å². The van der Waals surface area contributed by atoms with Gasteiger partial charge < -0.3 is 5.32 Å². The van der Waals surface area contributed by atoms with Crippen molar-refractivity contribution >= 4 is 5.91 Å². The van der Waals surface area contributed by atoms with Gasteiger partial charge in [-0.3, -0.25) is 19.6 Å². The Morgan fingerprint density at radius 3 is 2.71 bits per heavy atom. The summed E-state index contributed by atoms with van der Waals surface area (Å²) in [6, 6.07) is 0.817. The molecule has 0 saturated carbocycles. The topological polar surface area (TPSA) is 48.5 Å². The third-order valence-electron chi connectivity index (χ3n) is 4.48. The normalized spacial score (nSPS) is 19.2. The van der Waals surface area contributed by atoms with Crippen LogP contribution in [0.1, 0.15) is 29.8 Å². The molecule has 8 heteroatoms. The average Bonchev–Trinajstić information content (AvgIpc) is 2.49. The molecule has 1 amide bonds. The highest BCUT2D eigenvalue weighted by atomic mass is 19.4. The third kappa shape index (κ3) is 4.45. The van der Waals surface area contributed by atoms with Gasteiger partial charge in [0.25, 0.3) is 5.91 Å². The van der Waals surface area contributed by atoms with Gasteiger partial charge in [-0.05, 0) is 27.0 Å². The standard InChI is InChI=1S/C16H23F3N4O/c1-15(2)11-23(9-8-22(15)3)7-6-21-14(24)12-10-20-5-4-13(12)16(17,18)19/h4-5,10H,6-9,11H2,1-3H3,(H,21,24). The maximum absolute atomic E-state index is 12.9. The fourth-order valence-corrected chi connectivity index (χ4v) is 2.78. The van der Waals surface area contributed by atoms with E-state index in [0.29, 0.717) is 13.1 Å². The number of amides is 1. The van der Waals surface area contributed by atoms with Gasteiger partial charge in [0.2, 0.25) is 0 Å². The summed E-state index contributed by atoms with van der Waals surface area (Å²) in [7, 11) is 2.07. The monoisotopic (exact) mass is 344 g/mol. The number of alkyl halides is 3. The molecular formula is C16H23F3N4O. The second-order valence-corrected chi connectivity index (χ2v) is 6.69. The van der Waals surface area contributed by atoms with Crippen LogP contribution in [0.3, 0.4) is 0 Å². The molecule has 1 N–H and O–H groups in total. The van der Waals surface area contributed by atoms with E-state index in [1.54, 1.807) is 0 Å². The fraction of sp³-hybridized carbons (Fsp3) is 0.625. The minimum atomic E-state index is -4.57. The minimum absolute atomic E-state index is 0.0368. The van der Waals surface area contributed by atoms with Crippen LogP contribution >= 0.6 is 0 Å². The molecule has 1 aromatic rings. The Balaban J connectivity index is 1.91. The first-order valence-corrected chi connectivity index (χ1v) is 7.84. The van der Waals surface area contributed by atoms with Crippen molar-refractivity contribution in [1.82, 2.24) is 20.1 Å². The van der Waals surface area contributed by atoms with Crippen LogP contribution < -0.4 is 5.32 Å². The van der Waals surface area contributed by atoms with Gasteiger partial charge in [0.15, 0.2) is 0 Å². The first-order valence-electron chi connectivity index (χ1n) is 7.84. The molecule has 5 nitrogen and oxygen atoms in total. The number of hydrogen-bond acceptors (Lipinski definition) is 4. The van der Waals surface area contributed by atoms with E-state index in [4.69, 9.17) is 0 Å². The highest BCUT2D eigenvalue weighted by molar-refractivity contribution is 5.95. The zero-order valence-corrected chi connectivity index (χ0v) is 14.2. The third-order valence-corrected chi connectivity index (χ3v) is 4.48. The molecule has 0 bridgehead atoms. The molecule has 0 radical (unpaired) electrons. The maximum Gasteiger partial charge on any atom is 0.417 e. The molecule has 0 unspecified atom stereocenters. The number of likely N-dealkylation sites (N-methyl/N-ethyl adjacent to an activating group) is 1.